The zero-order valence-corrected chi connectivity index (χ0v) is 20.7. The Hall–Kier alpha value is -3.18. The summed E-state index contributed by atoms with van der Waals surface area (Å²) in [6, 6.07) is 10.8. The highest BCUT2D eigenvalue weighted by Gasteiger charge is 2.40. The van der Waals surface area contributed by atoms with Gasteiger partial charge in [-0.15, -0.1) is 0 Å². The number of rotatable bonds is 7. The Labute approximate surface area is 207 Å². The Morgan fingerprint density at radius 2 is 1.69 bits per heavy atom. The highest BCUT2D eigenvalue weighted by atomic mass is 32.2. The fraction of sp³-hybridized carbons (Fsp3) is 0.333. The van der Waals surface area contributed by atoms with E-state index < -0.39 is 14.9 Å². The van der Waals surface area contributed by atoms with Crippen LogP contribution >= 0.6 is 11.8 Å². The lowest BCUT2D eigenvalue weighted by molar-refractivity contribution is -0.384. The number of anilines is 1. The summed E-state index contributed by atoms with van der Waals surface area (Å²) in [6.45, 7) is 1.95. The van der Waals surface area contributed by atoms with Gasteiger partial charge in [0.15, 0.2) is 0 Å². The molecular formula is C24H25N3O6S2. The van der Waals surface area contributed by atoms with Crippen molar-refractivity contribution in [1.82, 2.24) is 4.90 Å². The minimum atomic E-state index is -3.93. The fourth-order valence-corrected chi connectivity index (χ4v) is 6.39. The predicted molar refractivity (Wildman–Crippen MR) is 134 cm³/mol. The average molecular weight is 516 g/mol. The number of nitrogens with zero attached hydrogens (tertiary/aromatic N) is 2. The monoisotopic (exact) mass is 515 g/mol. The van der Waals surface area contributed by atoms with Crippen LogP contribution in [0.2, 0.25) is 0 Å². The first-order valence-electron chi connectivity index (χ1n) is 11.3. The first-order valence-corrected chi connectivity index (χ1v) is 13.6. The van der Waals surface area contributed by atoms with E-state index in [9.17, 15) is 28.1 Å². The average Bonchev–Trinajstić information content (AvgIpc) is 3.12. The van der Waals surface area contributed by atoms with Crippen molar-refractivity contribution in [2.45, 2.75) is 50.0 Å². The molecule has 1 saturated carbocycles. The fourth-order valence-electron chi connectivity index (χ4n) is 4.42. The Morgan fingerprint density at radius 1 is 1.06 bits per heavy atom. The van der Waals surface area contributed by atoms with Crippen molar-refractivity contribution in [3.05, 3.63) is 69.1 Å². The topological polar surface area (TPSA) is 127 Å². The zero-order chi connectivity index (χ0) is 25.2. The second-order valence-electron chi connectivity index (χ2n) is 8.67. The van der Waals surface area contributed by atoms with E-state index >= 15 is 0 Å². The third kappa shape index (κ3) is 5.57. The van der Waals surface area contributed by atoms with Crippen LogP contribution in [0.15, 0.2) is 58.3 Å². The zero-order valence-electron chi connectivity index (χ0n) is 19.0. The molecule has 0 aromatic heterocycles. The van der Waals surface area contributed by atoms with Crippen molar-refractivity contribution in [3.63, 3.8) is 0 Å². The number of sulfonamides is 1. The van der Waals surface area contributed by atoms with Crippen LogP contribution in [-0.2, 0) is 14.8 Å². The van der Waals surface area contributed by atoms with E-state index in [0.717, 1.165) is 49.6 Å². The van der Waals surface area contributed by atoms with E-state index in [1.807, 2.05) is 6.92 Å². The van der Waals surface area contributed by atoms with Crippen LogP contribution in [0.4, 0.5) is 16.2 Å². The van der Waals surface area contributed by atoms with E-state index in [4.69, 9.17) is 0 Å². The maximum absolute atomic E-state index is 13.0. The summed E-state index contributed by atoms with van der Waals surface area (Å²) in [5, 5.41) is 10.5. The molecule has 1 atom stereocenters. The minimum absolute atomic E-state index is 0.104. The van der Waals surface area contributed by atoms with Crippen LogP contribution in [-0.4, -0.2) is 35.4 Å². The first-order chi connectivity index (χ1) is 16.7. The quantitative estimate of drug-likeness (QED) is 0.297. The number of imide groups is 1. The van der Waals surface area contributed by atoms with Gasteiger partial charge in [-0.05, 0) is 73.4 Å². The van der Waals surface area contributed by atoms with Crippen LogP contribution in [0.25, 0.3) is 6.08 Å². The van der Waals surface area contributed by atoms with Gasteiger partial charge in [0.1, 0.15) is 0 Å². The Morgan fingerprint density at radius 3 is 2.29 bits per heavy atom. The molecule has 2 aliphatic rings. The minimum Gasteiger partial charge on any atom is -0.280 e. The number of benzene rings is 2. The van der Waals surface area contributed by atoms with Crippen molar-refractivity contribution in [3.8, 4) is 0 Å². The van der Waals surface area contributed by atoms with Crippen molar-refractivity contribution in [2.75, 3.05) is 4.72 Å². The molecule has 2 amide bonds. The lowest BCUT2D eigenvalue weighted by Crippen LogP contribution is -2.42. The number of hydrogen-bond donors (Lipinski definition) is 1. The van der Waals surface area contributed by atoms with Gasteiger partial charge < -0.3 is 0 Å². The third-order valence-electron chi connectivity index (χ3n) is 6.38. The SMILES string of the molecule is CC(C1CCCCC1)N1C(=O)S/C(=C\c2ccc(NS(=O)(=O)c3ccc([N+](=O)[O-])cc3)cc2)C1=O. The van der Waals surface area contributed by atoms with Gasteiger partial charge in [0.05, 0.1) is 14.7 Å². The molecule has 2 aromatic carbocycles. The maximum Gasteiger partial charge on any atom is 0.293 e. The molecule has 184 valence electrons. The van der Waals surface area contributed by atoms with Gasteiger partial charge in [-0.25, -0.2) is 8.42 Å². The molecule has 1 heterocycles. The van der Waals surface area contributed by atoms with E-state index in [1.165, 1.54) is 23.5 Å². The number of carbonyl (C=O) groups excluding carboxylic acids is 2. The second-order valence-corrected chi connectivity index (χ2v) is 11.3. The lowest BCUT2D eigenvalue weighted by Gasteiger charge is -2.32. The molecule has 0 spiro atoms. The molecule has 1 N–H and O–H groups in total. The first kappa shape index (κ1) is 24.9. The van der Waals surface area contributed by atoms with Gasteiger partial charge in [0.25, 0.3) is 26.9 Å². The highest BCUT2D eigenvalue weighted by Crippen LogP contribution is 2.38. The summed E-state index contributed by atoms with van der Waals surface area (Å²) in [4.78, 5) is 37.3. The van der Waals surface area contributed by atoms with Crippen molar-refractivity contribution in [2.24, 2.45) is 5.92 Å². The molecule has 9 nitrogen and oxygen atoms in total. The molecular weight excluding hydrogens is 490 g/mol. The number of non-ortho nitro benzene ring substituents is 1. The van der Waals surface area contributed by atoms with E-state index in [1.54, 1.807) is 30.3 Å². The van der Waals surface area contributed by atoms with Gasteiger partial charge in [-0.1, -0.05) is 31.4 Å². The summed E-state index contributed by atoms with van der Waals surface area (Å²) in [5.74, 6) is 0.0423. The Balaban J connectivity index is 1.45. The number of nitro groups is 1. The number of thioether (sulfide) groups is 1. The molecule has 1 unspecified atom stereocenters. The number of hydrogen-bond acceptors (Lipinski definition) is 7. The van der Waals surface area contributed by atoms with Crippen LogP contribution < -0.4 is 4.72 Å². The van der Waals surface area contributed by atoms with Crippen molar-refractivity contribution >= 4 is 50.4 Å². The molecule has 11 heteroatoms. The summed E-state index contributed by atoms with van der Waals surface area (Å²) < 4.78 is 27.6. The maximum atomic E-state index is 13.0. The normalized spacial score (nSPS) is 19.2. The van der Waals surface area contributed by atoms with Gasteiger partial charge >= 0.3 is 0 Å². The summed E-state index contributed by atoms with van der Waals surface area (Å²) >= 11 is 0.923. The lowest BCUT2D eigenvalue weighted by atomic mass is 9.84. The number of amides is 2. The van der Waals surface area contributed by atoms with Crippen LogP contribution in [0.1, 0.15) is 44.6 Å². The van der Waals surface area contributed by atoms with E-state index in [0.29, 0.717) is 22.1 Å². The highest BCUT2D eigenvalue weighted by molar-refractivity contribution is 8.18. The van der Waals surface area contributed by atoms with E-state index in [2.05, 4.69) is 4.72 Å². The van der Waals surface area contributed by atoms with Crippen LogP contribution in [0.5, 0.6) is 0 Å². The molecule has 4 rings (SSSR count). The van der Waals surface area contributed by atoms with Crippen LogP contribution in [0.3, 0.4) is 0 Å². The summed E-state index contributed by atoms with van der Waals surface area (Å²) in [7, 11) is -3.93. The third-order valence-corrected chi connectivity index (χ3v) is 8.66. The second kappa shape index (κ2) is 10.2. The smallest absolute Gasteiger partial charge is 0.280 e. The standard InChI is InChI=1S/C24H25N3O6S2/c1-16(18-5-3-2-4-6-18)26-23(28)22(34-24(26)29)15-17-7-9-19(10-8-17)25-35(32,33)21-13-11-20(12-14-21)27(30)31/h7-16,18,25H,2-6H2,1H3/b22-15-. The number of nitro benzene ring substituents is 1. The van der Waals surface area contributed by atoms with Gasteiger partial charge in [0, 0.05) is 23.9 Å². The molecule has 1 aliphatic carbocycles. The number of carbonyl (C=O) groups is 2. The largest absolute Gasteiger partial charge is 0.293 e. The van der Waals surface area contributed by atoms with Crippen molar-refractivity contribution in [1.29, 1.82) is 0 Å². The summed E-state index contributed by atoms with van der Waals surface area (Å²) in [6.07, 6.45) is 7.14. The summed E-state index contributed by atoms with van der Waals surface area (Å²) in [5.41, 5.74) is 0.740. The Bertz CT molecular complexity index is 1270. The van der Waals surface area contributed by atoms with Gasteiger partial charge in [-0.2, -0.15) is 0 Å². The molecule has 1 saturated heterocycles. The Kier molecular flexibility index (Phi) is 7.27. The molecule has 0 bridgehead atoms. The van der Waals surface area contributed by atoms with Gasteiger partial charge in [0.2, 0.25) is 0 Å². The van der Waals surface area contributed by atoms with Gasteiger partial charge in [-0.3, -0.25) is 29.3 Å². The molecule has 35 heavy (non-hydrogen) atoms. The molecule has 2 aromatic rings. The number of nitrogens with one attached hydrogen (secondary N) is 1. The molecule has 2 fully saturated rings. The molecule has 0 radical (unpaired) electrons. The van der Waals surface area contributed by atoms with Crippen molar-refractivity contribution < 1.29 is 22.9 Å². The molecule has 1 aliphatic heterocycles. The van der Waals surface area contributed by atoms with E-state index in [-0.39, 0.29) is 27.8 Å². The van der Waals surface area contributed by atoms with Crippen LogP contribution in [0, 0.1) is 16.0 Å². The predicted octanol–water partition coefficient (Wildman–Crippen LogP) is 5.40.